The molecule has 476 valence electrons. The van der Waals surface area contributed by atoms with E-state index in [2.05, 4.69) is 47.2 Å². The van der Waals surface area contributed by atoms with Gasteiger partial charge < -0.3 is 74.5 Å². The molecule has 0 saturated carbocycles. The molecular weight excluding hydrogens is 1130 g/mol. The summed E-state index contributed by atoms with van der Waals surface area (Å²) < 4.78 is 0. The zero-order valence-electron chi connectivity index (χ0n) is 50.5. The minimum absolute atomic E-state index is 0.00448. The number of carbonyl (C=O) groups is 11. The number of para-hydroxylation sites is 1. The van der Waals surface area contributed by atoms with Crippen LogP contribution in [0.5, 0.6) is 5.75 Å². The monoisotopic (exact) mass is 1220 g/mol. The molecule has 26 nitrogen and oxygen atoms in total. The van der Waals surface area contributed by atoms with E-state index in [1.165, 1.54) is 37.9 Å². The number of aromatic nitrogens is 1. The van der Waals surface area contributed by atoms with Crippen LogP contribution in [0.4, 0.5) is 4.79 Å². The van der Waals surface area contributed by atoms with Gasteiger partial charge in [0.15, 0.2) is 23.3 Å². The van der Waals surface area contributed by atoms with Gasteiger partial charge in [0.25, 0.3) is 0 Å². The van der Waals surface area contributed by atoms with Crippen LogP contribution in [-0.2, 0) is 67.2 Å². The number of phenols is 1. The maximum Gasteiger partial charge on any atom is 0.315 e. The van der Waals surface area contributed by atoms with Crippen LogP contribution >= 0.6 is 0 Å². The number of amides is 9. The van der Waals surface area contributed by atoms with Crippen molar-refractivity contribution in [3.05, 3.63) is 102 Å². The SMILES string of the molecule is CN=C(N)NCCC[C@H](CC(=O)[C@H](CC(C)C)NC(=O)NCC(=O)[C@H](Cc1ccccc1)NC(=O)[C@@H](CC(=O)[C@H](CC(N)=O)NC(=O)[C@@H]1CCCCN1C(=O)[C@@H](Cc1ccc(O)cc1)NC(C)=O)[C@@H](C)O)C(=O)N[C@@H](Cc1c[nH]c2ccccc12)C(N)=O. The summed E-state index contributed by atoms with van der Waals surface area (Å²) in [5, 5.41) is 40.2. The van der Waals surface area contributed by atoms with Gasteiger partial charge in [0.1, 0.15) is 23.9 Å². The number of rotatable bonds is 34. The molecule has 0 radical (unpaired) electrons. The van der Waals surface area contributed by atoms with Crippen LogP contribution in [0.15, 0.2) is 90.1 Å². The molecule has 9 amide bonds. The molecule has 3 aromatic carbocycles. The molecule has 9 atom stereocenters. The van der Waals surface area contributed by atoms with Crippen LogP contribution in [-0.4, -0.2) is 160 Å². The van der Waals surface area contributed by atoms with Gasteiger partial charge in [-0.1, -0.05) is 74.5 Å². The van der Waals surface area contributed by atoms with Crippen LogP contribution in [0, 0.1) is 17.8 Å². The van der Waals surface area contributed by atoms with Crippen LogP contribution in [0.2, 0.25) is 0 Å². The summed E-state index contributed by atoms with van der Waals surface area (Å²) in [6.07, 6.45) is 0.113. The third-order valence-corrected chi connectivity index (χ3v) is 15.3. The van der Waals surface area contributed by atoms with Gasteiger partial charge in [0, 0.05) is 75.8 Å². The Morgan fingerprint density at radius 2 is 1.33 bits per heavy atom. The largest absolute Gasteiger partial charge is 0.508 e. The maximum atomic E-state index is 14.3. The number of likely N-dealkylation sites (tertiary alicyclic amines) is 1. The number of phenolic OH excluding ortho intramolecular Hbond substituents is 1. The number of guanidine groups is 1. The van der Waals surface area contributed by atoms with Crippen LogP contribution < -0.4 is 54.4 Å². The first-order valence-electron chi connectivity index (χ1n) is 29.5. The minimum Gasteiger partial charge on any atom is -0.508 e. The van der Waals surface area contributed by atoms with Gasteiger partial charge in [-0.05, 0) is 92.7 Å². The second-order valence-corrected chi connectivity index (χ2v) is 22.7. The van der Waals surface area contributed by atoms with E-state index in [1.54, 1.807) is 48.7 Å². The molecule has 88 heavy (non-hydrogen) atoms. The number of aliphatic hydroxyl groups is 1. The van der Waals surface area contributed by atoms with Gasteiger partial charge >= 0.3 is 6.03 Å². The summed E-state index contributed by atoms with van der Waals surface area (Å²) in [5.74, 6) is -9.96. The highest BCUT2D eigenvalue weighted by Gasteiger charge is 2.40. The number of hydrogen-bond donors (Lipinski definition) is 13. The third kappa shape index (κ3) is 21.9. The van der Waals surface area contributed by atoms with E-state index in [1.807, 2.05) is 38.1 Å². The number of carbonyl (C=O) groups excluding carboxylic acids is 11. The van der Waals surface area contributed by atoms with Crippen molar-refractivity contribution >= 4 is 81.6 Å². The lowest BCUT2D eigenvalue weighted by Gasteiger charge is -2.37. The average molecular weight is 1220 g/mol. The fraction of sp³-hybridized carbons (Fsp3) is 0.484. The summed E-state index contributed by atoms with van der Waals surface area (Å²) in [6.45, 7) is 5.84. The van der Waals surface area contributed by atoms with Crippen molar-refractivity contribution < 1.29 is 63.0 Å². The number of urea groups is 1. The molecule has 5 rings (SSSR count). The number of aromatic hydroxyl groups is 1. The van der Waals surface area contributed by atoms with Crippen molar-refractivity contribution in [1.82, 2.24) is 47.1 Å². The molecule has 1 fully saturated rings. The number of benzene rings is 3. The summed E-state index contributed by atoms with van der Waals surface area (Å²) in [5.41, 5.74) is 19.9. The number of Topliss-reactive ketones (excluding diaryl/α,β-unsaturated/α-hetero) is 3. The standard InChI is InChI=1S/C62H85N13O13/c1-35(2)26-46(52(79)30-40(16-13-24-67-61(65)66-5)57(84)73-49(56(64)83)29-41-33-68-45-18-10-9-17-43(41)45)74-62(88)69-34-54(81)47(27-38-14-7-6-8-15-38)71-58(85)44(36(3)76)31-53(80)48(32-55(63)82)72-59(86)51-19-11-12-25-75(51)60(87)50(70-37(4)77)28-39-20-22-42(78)23-21-39/h6-10,14-15,17-18,20-23,33,35-36,40,44,46-51,68,76,78H,11-13,16,19,24-32,34H2,1-5H3,(H2,63,82)(H2,64,83)(H,70,77)(H,71,85)(H,72,86)(H,73,84)(H3,65,66,67)(H2,69,74,88)/t36-,40-,44+,46+,47+,48+,49+,50-,51+/m1/s1. The first-order chi connectivity index (χ1) is 41.8. The predicted octanol–water partition coefficient (Wildman–Crippen LogP) is 0.731. The van der Waals surface area contributed by atoms with Crippen molar-refractivity contribution in [1.29, 1.82) is 0 Å². The van der Waals surface area contributed by atoms with Gasteiger partial charge in [0.2, 0.25) is 41.4 Å². The minimum atomic E-state index is -1.63. The number of aliphatic imine (C=N–C) groups is 1. The molecule has 1 saturated heterocycles. The van der Waals surface area contributed by atoms with E-state index in [9.17, 15) is 63.0 Å². The first kappa shape index (κ1) is 69.6. The van der Waals surface area contributed by atoms with E-state index >= 15 is 0 Å². The molecule has 2 heterocycles. The van der Waals surface area contributed by atoms with Crippen molar-refractivity contribution in [3.63, 3.8) is 0 Å². The second-order valence-electron chi connectivity index (χ2n) is 22.7. The predicted molar refractivity (Wildman–Crippen MR) is 327 cm³/mol. The van der Waals surface area contributed by atoms with Gasteiger partial charge in [-0.2, -0.15) is 0 Å². The number of piperidine rings is 1. The summed E-state index contributed by atoms with van der Waals surface area (Å²) in [4.78, 5) is 159. The number of primary amides is 2. The fourth-order valence-corrected chi connectivity index (χ4v) is 10.5. The highest BCUT2D eigenvalue weighted by Crippen LogP contribution is 2.24. The van der Waals surface area contributed by atoms with E-state index in [-0.39, 0.29) is 69.1 Å². The molecule has 0 unspecified atom stereocenters. The number of aromatic amines is 1. The van der Waals surface area contributed by atoms with Crippen LogP contribution in [0.3, 0.4) is 0 Å². The molecule has 1 aliphatic heterocycles. The molecule has 0 aliphatic carbocycles. The Morgan fingerprint density at radius 3 is 1.98 bits per heavy atom. The van der Waals surface area contributed by atoms with Crippen molar-refractivity contribution in [2.45, 2.75) is 147 Å². The van der Waals surface area contributed by atoms with Crippen molar-refractivity contribution in [3.8, 4) is 5.75 Å². The van der Waals surface area contributed by atoms with Gasteiger partial charge in [-0.25, -0.2) is 4.79 Å². The summed E-state index contributed by atoms with van der Waals surface area (Å²) >= 11 is 0. The zero-order valence-corrected chi connectivity index (χ0v) is 50.5. The molecule has 1 aromatic heterocycles. The van der Waals surface area contributed by atoms with E-state index in [4.69, 9.17) is 17.2 Å². The van der Waals surface area contributed by atoms with Crippen LogP contribution in [0.1, 0.15) is 102 Å². The maximum absolute atomic E-state index is 14.3. The molecule has 0 spiro atoms. The van der Waals surface area contributed by atoms with E-state index < -0.39 is 138 Å². The number of nitrogens with one attached hydrogen (secondary N) is 8. The lowest BCUT2D eigenvalue weighted by Crippen LogP contribution is -2.59. The Kier molecular flexibility index (Phi) is 27.1. The molecule has 1 aliphatic rings. The normalized spacial score (nSPS) is 16.1. The highest BCUT2D eigenvalue weighted by molar-refractivity contribution is 6.00. The Morgan fingerprint density at radius 1 is 0.682 bits per heavy atom. The van der Waals surface area contributed by atoms with Gasteiger partial charge in [-0.3, -0.25) is 52.9 Å². The zero-order chi connectivity index (χ0) is 64.6. The Bertz CT molecular complexity index is 3110. The number of fused-ring (bicyclic) bond motifs is 1. The fourth-order valence-electron chi connectivity index (χ4n) is 10.5. The van der Waals surface area contributed by atoms with E-state index in [0.29, 0.717) is 36.9 Å². The highest BCUT2D eigenvalue weighted by atomic mass is 16.3. The quantitative estimate of drug-likeness (QED) is 0.0174. The summed E-state index contributed by atoms with van der Waals surface area (Å²) in [7, 11) is 1.50. The number of hydrogen-bond acceptors (Lipinski definition) is 14. The van der Waals surface area contributed by atoms with Crippen molar-refractivity contribution in [2.24, 2.45) is 39.9 Å². The Balaban J connectivity index is 1.27. The number of nitrogens with zero attached hydrogens (tertiary/aromatic N) is 2. The molecule has 16 N–H and O–H groups in total. The smallest absolute Gasteiger partial charge is 0.315 e. The lowest BCUT2D eigenvalue weighted by atomic mass is 9.90. The van der Waals surface area contributed by atoms with Crippen molar-refractivity contribution in [2.75, 3.05) is 26.7 Å². The number of nitrogens with two attached hydrogens (primary N) is 3. The number of ketones is 3. The first-order valence-corrected chi connectivity index (χ1v) is 29.5. The summed E-state index contributed by atoms with van der Waals surface area (Å²) in [6, 6.07) is 13.5. The Labute approximate surface area is 511 Å². The van der Waals surface area contributed by atoms with Gasteiger partial charge in [0.05, 0.1) is 43.1 Å². The molecule has 4 aromatic rings. The second kappa shape index (κ2) is 34.2. The molecule has 0 bridgehead atoms. The third-order valence-electron chi connectivity index (χ3n) is 15.3. The lowest BCUT2D eigenvalue weighted by molar-refractivity contribution is -0.145. The van der Waals surface area contributed by atoms with E-state index in [0.717, 1.165) is 16.5 Å². The van der Waals surface area contributed by atoms with Crippen LogP contribution in [0.25, 0.3) is 10.9 Å². The molecule has 26 heteroatoms. The topological polar surface area (TPSA) is 422 Å². The number of aliphatic hydroxyl groups excluding tert-OH is 1. The average Bonchev–Trinajstić information content (AvgIpc) is 3.99. The molecular formula is C62H85N13O13. The van der Waals surface area contributed by atoms with Gasteiger partial charge in [-0.15, -0.1) is 0 Å². The Hall–Kier alpha value is -9.20. The number of H-pyrrole nitrogens is 1.